The van der Waals surface area contributed by atoms with Crippen LogP contribution in [0.25, 0.3) is 0 Å². The summed E-state index contributed by atoms with van der Waals surface area (Å²) >= 11 is 0. The summed E-state index contributed by atoms with van der Waals surface area (Å²) in [5.74, 6) is 0.845. The monoisotopic (exact) mass is 492 g/mol. The number of furan rings is 1. The Labute approximate surface area is 216 Å². The van der Waals surface area contributed by atoms with Gasteiger partial charge in [-0.05, 0) is 12.8 Å². The molecule has 0 fully saturated rings. The first-order valence-corrected chi connectivity index (χ1v) is 15.2. The van der Waals surface area contributed by atoms with Gasteiger partial charge in [-0.3, -0.25) is 4.79 Å². The highest BCUT2D eigenvalue weighted by atomic mass is 16.6. The van der Waals surface area contributed by atoms with Crippen molar-refractivity contribution in [2.75, 3.05) is 13.2 Å². The summed E-state index contributed by atoms with van der Waals surface area (Å²) in [6.07, 6.45) is 31.0. The molecular formula is C31H56O4. The van der Waals surface area contributed by atoms with Crippen molar-refractivity contribution in [2.45, 2.75) is 155 Å². The Balaban J connectivity index is 2.04. The summed E-state index contributed by atoms with van der Waals surface area (Å²) < 4.78 is 17.2. The van der Waals surface area contributed by atoms with Crippen molar-refractivity contribution in [3.05, 3.63) is 11.8 Å². The number of unbranched alkanes of at least 4 members (excludes halogenated alkanes) is 20. The number of aldehydes is 1. The van der Waals surface area contributed by atoms with E-state index in [1.807, 2.05) is 0 Å². The highest BCUT2D eigenvalue weighted by Gasteiger charge is 2.16. The summed E-state index contributed by atoms with van der Waals surface area (Å²) in [6, 6.07) is 0. The number of hydrogen-bond donors (Lipinski definition) is 0. The second-order valence-electron chi connectivity index (χ2n) is 10.2. The lowest BCUT2D eigenvalue weighted by Gasteiger charge is -2.08. The molecule has 0 unspecified atom stereocenters. The molecule has 1 aromatic rings. The third-order valence-electron chi connectivity index (χ3n) is 6.84. The largest absolute Gasteiger partial charge is 0.486 e. The first-order valence-electron chi connectivity index (χ1n) is 15.2. The minimum absolute atomic E-state index is 0.363. The Bertz CT molecular complexity index is 581. The summed E-state index contributed by atoms with van der Waals surface area (Å²) in [5, 5.41) is 0. The molecule has 0 aliphatic heterocycles. The molecule has 1 aromatic heterocycles. The van der Waals surface area contributed by atoms with Gasteiger partial charge in [-0.15, -0.1) is 0 Å². The van der Waals surface area contributed by atoms with Crippen molar-refractivity contribution in [1.29, 1.82) is 0 Å². The molecule has 0 spiro atoms. The molecule has 0 radical (unpaired) electrons. The van der Waals surface area contributed by atoms with E-state index in [2.05, 4.69) is 13.8 Å². The summed E-state index contributed by atoms with van der Waals surface area (Å²) in [7, 11) is 0. The molecule has 0 aliphatic rings. The van der Waals surface area contributed by atoms with Crippen molar-refractivity contribution in [3.63, 3.8) is 0 Å². The third-order valence-corrected chi connectivity index (χ3v) is 6.84. The van der Waals surface area contributed by atoms with Gasteiger partial charge in [0.2, 0.25) is 5.75 Å². The van der Waals surface area contributed by atoms with Gasteiger partial charge in [0.05, 0.1) is 18.8 Å². The number of ether oxygens (including phenoxy) is 2. The van der Waals surface area contributed by atoms with Crippen LogP contribution in [-0.2, 0) is 0 Å². The van der Waals surface area contributed by atoms with E-state index in [0.717, 1.165) is 19.1 Å². The molecule has 1 rings (SSSR count). The van der Waals surface area contributed by atoms with Gasteiger partial charge in [-0.1, -0.05) is 142 Å². The van der Waals surface area contributed by atoms with Crippen molar-refractivity contribution < 1.29 is 18.7 Å². The van der Waals surface area contributed by atoms with Crippen molar-refractivity contribution in [3.8, 4) is 11.7 Å². The Morgan fingerprint density at radius 2 is 0.943 bits per heavy atom. The molecule has 0 atom stereocenters. The predicted molar refractivity (Wildman–Crippen MR) is 148 cm³/mol. The molecule has 0 aromatic carbocycles. The molecule has 0 amide bonds. The van der Waals surface area contributed by atoms with Crippen LogP contribution in [0.4, 0.5) is 0 Å². The fraction of sp³-hybridized carbons (Fsp3) is 0.839. The van der Waals surface area contributed by atoms with Gasteiger partial charge in [0.25, 0.3) is 0 Å². The van der Waals surface area contributed by atoms with Crippen LogP contribution in [0.5, 0.6) is 11.7 Å². The standard InChI is InChI=1S/C31H56O4/c1-3-5-7-9-11-13-15-17-19-21-23-25-33-30-29(27-32)28-35-31(30)34-26-24-22-20-18-16-14-12-10-8-6-4-2/h27-28H,3-26H2,1-2H3. The maximum atomic E-state index is 11.3. The van der Waals surface area contributed by atoms with Crippen LogP contribution in [0.2, 0.25) is 0 Å². The van der Waals surface area contributed by atoms with E-state index in [1.165, 1.54) is 135 Å². The molecule has 204 valence electrons. The first-order chi connectivity index (χ1) is 17.3. The maximum Gasteiger partial charge on any atom is 0.329 e. The minimum atomic E-state index is 0.363. The quantitative estimate of drug-likeness (QED) is 0.0905. The number of carbonyl (C=O) groups is 1. The van der Waals surface area contributed by atoms with Crippen LogP contribution in [0.15, 0.2) is 10.7 Å². The van der Waals surface area contributed by atoms with Gasteiger partial charge in [-0.25, -0.2) is 0 Å². The molecule has 0 saturated carbocycles. The lowest BCUT2D eigenvalue weighted by molar-refractivity contribution is 0.111. The fourth-order valence-corrected chi connectivity index (χ4v) is 4.54. The van der Waals surface area contributed by atoms with Gasteiger partial charge >= 0.3 is 5.95 Å². The normalized spacial score (nSPS) is 11.1. The first kappa shape index (κ1) is 31.6. The van der Waals surface area contributed by atoms with Crippen molar-refractivity contribution in [2.24, 2.45) is 0 Å². The Kier molecular flexibility index (Phi) is 21.9. The zero-order chi connectivity index (χ0) is 25.2. The van der Waals surface area contributed by atoms with Crippen molar-refractivity contribution in [1.82, 2.24) is 0 Å². The van der Waals surface area contributed by atoms with Crippen LogP contribution < -0.4 is 9.47 Å². The predicted octanol–water partition coefficient (Wildman–Crippen LogP) is 10.5. The van der Waals surface area contributed by atoms with Crippen LogP contribution in [0, 0.1) is 0 Å². The molecule has 4 heteroatoms. The molecule has 1 heterocycles. The van der Waals surface area contributed by atoms with E-state index in [4.69, 9.17) is 13.9 Å². The number of rotatable bonds is 27. The molecule has 35 heavy (non-hydrogen) atoms. The lowest BCUT2D eigenvalue weighted by atomic mass is 10.1. The molecule has 0 N–H and O–H groups in total. The van der Waals surface area contributed by atoms with Gasteiger partial charge in [0, 0.05) is 0 Å². The van der Waals surface area contributed by atoms with Gasteiger partial charge in [0.15, 0.2) is 6.29 Å². The zero-order valence-electron chi connectivity index (χ0n) is 23.3. The van der Waals surface area contributed by atoms with Crippen LogP contribution >= 0.6 is 0 Å². The van der Waals surface area contributed by atoms with E-state index < -0.39 is 0 Å². The van der Waals surface area contributed by atoms with E-state index in [9.17, 15) is 4.79 Å². The fourth-order valence-electron chi connectivity index (χ4n) is 4.54. The molecule has 0 aliphatic carbocycles. The molecule has 0 saturated heterocycles. The highest BCUT2D eigenvalue weighted by molar-refractivity contribution is 5.80. The van der Waals surface area contributed by atoms with E-state index in [1.54, 1.807) is 0 Å². The van der Waals surface area contributed by atoms with Crippen LogP contribution in [0.1, 0.15) is 165 Å². The van der Waals surface area contributed by atoms with Crippen LogP contribution in [-0.4, -0.2) is 19.5 Å². The van der Waals surface area contributed by atoms with E-state index >= 15 is 0 Å². The topological polar surface area (TPSA) is 48.7 Å². The van der Waals surface area contributed by atoms with E-state index in [-0.39, 0.29) is 0 Å². The number of hydrogen-bond acceptors (Lipinski definition) is 4. The number of carbonyl (C=O) groups excluding carboxylic acids is 1. The zero-order valence-corrected chi connectivity index (χ0v) is 23.3. The second-order valence-corrected chi connectivity index (χ2v) is 10.2. The van der Waals surface area contributed by atoms with E-state index in [0.29, 0.717) is 30.5 Å². The SMILES string of the molecule is CCCCCCCCCCCCCOc1occ(C=O)c1OCCCCCCCCCCCCC. The maximum absolute atomic E-state index is 11.3. The van der Waals surface area contributed by atoms with Gasteiger partial charge in [0.1, 0.15) is 6.26 Å². The summed E-state index contributed by atoms with van der Waals surface area (Å²) in [5.41, 5.74) is 0.446. The summed E-state index contributed by atoms with van der Waals surface area (Å²) in [6.45, 7) is 5.75. The van der Waals surface area contributed by atoms with Gasteiger partial charge in [-0.2, -0.15) is 0 Å². The third kappa shape index (κ3) is 17.6. The van der Waals surface area contributed by atoms with Crippen molar-refractivity contribution >= 4 is 6.29 Å². The average Bonchev–Trinajstić information content (AvgIpc) is 3.27. The minimum Gasteiger partial charge on any atom is -0.486 e. The Morgan fingerprint density at radius 3 is 1.34 bits per heavy atom. The smallest absolute Gasteiger partial charge is 0.329 e. The second kappa shape index (κ2) is 24.3. The molecule has 4 nitrogen and oxygen atoms in total. The molecule has 0 bridgehead atoms. The molecular weight excluding hydrogens is 436 g/mol. The Hall–Kier alpha value is -1.45. The lowest BCUT2D eigenvalue weighted by Crippen LogP contribution is -2.02. The highest BCUT2D eigenvalue weighted by Crippen LogP contribution is 2.33. The Morgan fingerprint density at radius 1 is 0.571 bits per heavy atom. The van der Waals surface area contributed by atoms with Crippen LogP contribution in [0.3, 0.4) is 0 Å². The average molecular weight is 493 g/mol. The summed E-state index contributed by atoms with van der Waals surface area (Å²) in [4.78, 5) is 11.3. The van der Waals surface area contributed by atoms with Gasteiger partial charge < -0.3 is 13.9 Å².